The number of hydrogen-bond donors (Lipinski definition) is 0. The number of thiophene rings is 1. The fourth-order valence-electron chi connectivity index (χ4n) is 9.07. The summed E-state index contributed by atoms with van der Waals surface area (Å²) in [7, 11) is 0. The number of anilines is 3. The molecule has 0 unspecified atom stereocenters. The van der Waals surface area contributed by atoms with Crippen LogP contribution in [0.2, 0.25) is 0 Å². The van der Waals surface area contributed by atoms with Gasteiger partial charge in [0.25, 0.3) is 0 Å². The zero-order valence-electron chi connectivity index (χ0n) is 28.9. The molecule has 1 nitrogen and oxygen atoms in total. The van der Waals surface area contributed by atoms with Crippen LogP contribution in [-0.2, 0) is 5.41 Å². The number of rotatable bonds is 5. The minimum atomic E-state index is -0.484. The van der Waals surface area contributed by atoms with Crippen molar-refractivity contribution in [1.29, 1.82) is 0 Å². The second-order valence-corrected chi connectivity index (χ2v) is 15.0. The van der Waals surface area contributed by atoms with Crippen LogP contribution < -0.4 is 4.90 Å². The summed E-state index contributed by atoms with van der Waals surface area (Å²) in [5, 5.41) is 7.63. The van der Waals surface area contributed by atoms with Gasteiger partial charge in [-0.1, -0.05) is 176 Å². The number of benzene rings is 9. The molecule has 2 heteroatoms. The van der Waals surface area contributed by atoms with Crippen molar-refractivity contribution in [2.45, 2.75) is 5.41 Å². The zero-order valence-corrected chi connectivity index (χ0v) is 29.7. The van der Waals surface area contributed by atoms with E-state index in [1.165, 1.54) is 86.5 Å². The second kappa shape index (κ2) is 11.8. The van der Waals surface area contributed by atoms with Crippen molar-refractivity contribution in [2.75, 3.05) is 4.90 Å². The zero-order chi connectivity index (χ0) is 34.9. The molecular formula is C51H33NS. The van der Waals surface area contributed by atoms with E-state index in [0.29, 0.717) is 0 Å². The van der Waals surface area contributed by atoms with Crippen LogP contribution in [0, 0.1) is 0 Å². The number of nitrogens with zero attached hydrogens (tertiary/aromatic N) is 1. The van der Waals surface area contributed by atoms with Crippen LogP contribution in [0.1, 0.15) is 22.3 Å². The van der Waals surface area contributed by atoms with Gasteiger partial charge in [-0.3, -0.25) is 0 Å². The molecule has 1 heterocycles. The molecule has 1 aliphatic carbocycles. The van der Waals surface area contributed by atoms with Crippen LogP contribution in [0.3, 0.4) is 0 Å². The van der Waals surface area contributed by atoms with E-state index in [1.54, 1.807) is 0 Å². The molecule has 0 spiro atoms. The summed E-state index contributed by atoms with van der Waals surface area (Å²) in [5.41, 5.74) is 10.7. The van der Waals surface area contributed by atoms with E-state index in [0.717, 1.165) is 5.69 Å². The molecule has 0 amide bonds. The predicted octanol–water partition coefficient (Wildman–Crippen LogP) is 14.2. The van der Waals surface area contributed by atoms with Gasteiger partial charge in [0.1, 0.15) is 0 Å². The van der Waals surface area contributed by atoms with Gasteiger partial charge in [-0.2, -0.15) is 0 Å². The highest BCUT2D eigenvalue weighted by Crippen LogP contribution is 2.60. The van der Waals surface area contributed by atoms with Crippen LogP contribution in [0.15, 0.2) is 200 Å². The highest BCUT2D eigenvalue weighted by Gasteiger charge is 2.47. The summed E-state index contributed by atoms with van der Waals surface area (Å²) in [6.45, 7) is 0. The summed E-state index contributed by atoms with van der Waals surface area (Å²) in [6.07, 6.45) is 0. The normalized spacial score (nSPS) is 13.1. The van der Waals surface area contributed by atoms with Crippen molar-refractivity contribution < 1.29 is 0 Å². The lowest BCUT2D eigenvalue weighted by Gasteiger charge is -2.34. The molecule has 0 saturated heterocycles. The summed E-state index contributed by atoms with van der Waals surface area (Å²) < 4.78 is 2.62. The van der Waals surface area contributed by atoms with Crippen molar-refractivity contribution in [3.8, 4) is 11.1 Å². The average molecular weight is 692 g/mol. The predicted molar refractivity (Wildman–Crippen MR) is 226 cm³/mol. The molecule has 0 bridgehead atoms. The van der Waals surface area contributed by atoms with Crippen LogP contribution >= 0.6 is 11.3 Å². The fourth-order valence-corrected chi connectivity index (χ4v) is 10.4. The molecule has 53 heavy (non-hydrogen) atoms. The minimum Gasteiger partial charge on any atom is -0.308 e. The minimum absolute atomic E-state index is 0.484. The first-order chi connectivity index (χ1) is 26.3. The largest absolute Gasteiger partial charge is 0.308 e. The van der Waals surface area contributed by atoms with E-state index in [-0.39, 0.29) is 0 Å². The second-order valence-electron chi connectivity index (χ2n) is 14.0. The molecule has 0 atom stereocenters. The third kappa shape index (κ3) is 4.37. The van der Waals surface area contributed by atoms with Crippen LogP contribution in [0.4, 0.5) is 17.1 Å². The summed E-state index contributed by atoms with van der Waals surface area (Å²) in [4.78, 5) is 2.54. The van der Waals surface area contributed by atoms with Gasteiger partial charge in [-0.15, -0.1) is 11.3 Å². The molecule has 0 radical (unpaired) electrons. The molecule has 0 N–H and O–H groups in total. The first-order valence-electron chi connectivity index (χ1n) is 18.3. The SMILES string of the molecule is c1ccc(C2(c3ccccc3)c3ccccc3-c3c(N(c4ccc5ccccc5c4)c4cccc5c4sc4c6ccccc6ccc54)cccc32)cc1. The van der Waals surface area contributed by atoms with Crippen LogP contribution in [0.25, 0.3) is 52.8 Å². The fraction of sp³-hybridized carbons (Fsp3) is 0.0196. The lowest BCUT2D eigenvalue weighted by Crippen LogP contribution is -2.28. The lowest BCUT2D eigenvalue weighted by molar-refractivity contribution is 0.768. The molecule has 1 aliphatic rings. The monoisotopic (exact) mass is 691 g/mol. The molecular weight excluding hydrogens is 659 g/mol. The topological polar surface area (TPSA) is 3.24 Å². The van der Waals surface area contributed by atoms with Gasteiger partial charge in [0, 0.05) is 26.7 Å². The lowest BCUT2D eigenvalue weighted by atomic mass is 9.68. The molecule has 0 saturated carbocycles. The number of hydrogen-bond acceptors (Lipinski definition) is 2. The average Bonchev–Trinajstić information content (AvgIpc) is 3.77. The molecule has 11 rings (SSSR count). The third-order valence-electron chi connectivity index (χ3n) is 11.3. The van der Waals surface area contributed by atoms with E-state index in [4.69, 9.17) is 0 Å². The van der Waals surface area contributed by atoms with Gasteiger partial charge in [0.15, 0.2) is 0 Å². The summed E-state index contributed by atoms with van der Waals surface area (Å²) in [6, 6.07) is 74.0. The van der Waals surface area contributed by atoms with E-state index >= 15 is 0 Å². The van der Waals surface area contributed by atoms with Gasteiger partial charge in [0.05, 0.1) is 21.5 Å². The Labute approximate surface area is 312 Å². The highest BCUT2D eigenvalue weighted by molar-refractivity contribution is 7.27. The van der Waals surface area contributed by atoms with E-state index in [1.807, 2.05) is 11.3 Å². The first kappa shape index (κ1) is 30.2. The summed E-state index contributed by atoms with van der Waals surface area (Å²) >= 11 is 1.91. The maximum Gasteiger partial charge on any atom is 0.0714 e. The Morgan fingerprint density at radius 1 is 0.377 bits per heavy atom. The molecule has 10 aromatic rings. The third-order valence-corrected chi connectivity index (χ3v) is 12.6. The van der Waals surface area contributed by atoms with Gasteiger partial charge in [-0.25, -0.2) is 0 Å². The van der Waals surface area contributed by atoms with Crippen molar-refractivity contribution in [3.63, 3.8) is 0 Å². The standard InChI is InChI=1S/C51H33NS/c1-3-18-37(19-4-1)51(38-20-5-2-6-21-38)44-25-12-11-23-43(44)48-45(51)26-14-27-46(48)52(39-31-29-34-15-7-8-17-36(34)33-39)47-28-13-24-41-42-32-30-35-16-9-10-22-40(35)49(42)53-50(41)47/h1-33H. The summed E-state index contributed by atoms with van der Waals surface area (Å²) in [5.74, 6) is 0. The van der Waals surface area contributed by atoms with E-state index in [2.05, 4.69) is 205 Å². The Morgan fingerprint density at radius 3 is 1.77 bits per heavy atom. The van der Waals surface area contributed by atoms with Crippen molar-refractivity contribution in [2.24, 2.45) is 0 Å². The molecule has 9 aromatic carbocycles. The molecule has 1 aromatic heterocycles. The molecule has 0 fully saturated rings. The van der Waals surface area contributed by atoms with Gasteiger partial charge < -0.3 is 4.90 Å². The Morgan fingerprint density at radius 2 is 0.962 bits per heavy atom. The van der Waals surface area contributed by atoms with Crippen LogP contribution in [0.5, 0.6) is 0 Å². The highest BCUT2D eigenvalue weighted by atomic mass is 32.1. The Bertz CT molecular complexity index is 2970. The van der Waals surface area contributed by atoms with Crippen molar-refractivity contribution in [3.05, 3.63) is 222 Å². The molecule has 0 aliphatic heterocycles. The van der Waals surface area contributed by atoms with Crippen molar-refractivity contribution in [1.82, 2.24) is 0 Å². The van der Waals surface area contributed by atoms with E-state index in [9.17, 15) is 0 Å². The van der Waals surface area contributed by atoms with Gasteiger partial charge in [0.2, 0.25) is 0 Å². The van der Waals surface area contributed by atoms with E-state index < -0.39 is 5.41 Å². The molecule has 248 valence electrons. The maximum atomic E-state index is 2.54. The van der Waals surface area contributed by atoms with Crippen LogP contribution in [-0.4, -0.2) is 0 Å². The Hall–Kier alpha value is -6.48. The Balaban J connectivity index is 1.26. The smallest absolute Gasteiger partial charge is 0.0714 e. The maximum absolute atomic E-state index is 2.54. The van der Waals surface area contributed by atoms with Crippen molar-refractivity contribution >= 4 is 70.1 Å². The first-order valence-corrected chi connectivity index (χ1v) is 19.1. The van der Waals surface area contributed by atoms with Gasteiger partial charge in [-0.05, 0) is 73.6 Å². The Kier molecular flexibility index (Phi) is 6.71. The van der Waals surface area contributed by atoms with Gasteiger partial charge >= 0.3 is 0 Å². The number of fused-ring (bicyclic) bond motifs is 9. The quantitative estimate of drug-likeness (QED) is 0.174.